The fraction of sp³-hybridized carbons (Fsp3) is 0.600. The number of hydrogen-bond acceptors (Lipinski definition) is 4. The Morgan fingerprint density at radius 1 is 1.33 bits per heavy atom. The summed E-state index contributed by atoms with van der Waals surface area (Å²) in [6.45, 7) is 0.533. The van der Waals surface area contributed by atoms with Crippen LogP contribution < -0.4 is 0 Å². The summed E-state index contributed by atoms with van der Waals surface area (Å²) in [5, 5.41) is 11.5. The largest absolute Gasteiger partial charge is 0.479 e. The van der Waals surface area contributed by atoms with E-state index >= 15 is 0 Å². The minimum absolute atomic E-state index is 0.0103. The van der Waals surface area contributed by atoms with Gasteiger partial charge in [-0.25, -0.2) is 4.79 Å². The number of rotatable bonds is 3. The molecule has 114 valence electrons. The van der Waals surface area contributed by atoms with E-state index in [9.17, 15) is 14.7 Å². The van der Waals surface area contributed by atoms with Gasteiger partial charge in [-0.3, -0.25) is 4.79 Å². The number of thiophene rings is 1. The maximum absolute atomic E-state index is 12.6. The van der Waals surface area contributed by atoms with E-state index in [1.54, 1.807) is 16.2 Å². The predicted octanol–water partition coefficient (Wildman–Crippen LogP) is 2.79. The van der Waals surface area contributed by atoms with Gasteiger partial charge in [-0.2, -0.15) is 11.8 Å². The summed E-state index contributed by atoms with van der Waals surface area (Å²) < 4.78 is 0. The van der Waals surface area contributed by atoms with Crippen molar-refractivity contribution in [3.8, 4) is 0 Å². The third-order valence-electron chi connectivity index (χ3n) is 4.32. The first-order valence-corrected chi connectivity index (χ1v) is 9.36. The molecule has 2 aliphatic heterocycles. The lowest BCUT2D eigenvalue weighted by atomic mass is 9.95. The highest BCUT2D eigenvalue weighted by molar-refractivity contribution is 7.99. The van der Waals surface area contributed by atoms with E-state index in [2.05, 4.69) is 0 Å². The van der Waals surface area contributed by atoms with E-state index in [0.717, 1.165) is 41.2 Å². The number of carboxylic acid groups (broad SMARTS) is 1. The standard InChI is InChI=1S/C15H19NO3S2/c17-13(9-10-2-6-20-7-3-10)16-5-1-12-11(4-8-21-12)14(16)15(18)19/h4,8,10,14H,1-3,5-7,9H2,(H,18,19). The lowest BCUT2D eigenvalue weighted by Gasteiger charge is -2.34. The Labute approximate surface area is 132 Å². The zero-order valence-electron chi connectivity index (χ0n) is 11.8. The van der Waals surface area contributed by atoms with Crippen LogP contribution in [0.5, 0.6) is 0 Å². The van der Waals surface area contributed by atoms with E-state index in [-0.39, 0.29) is 5.91 Å². The van der Waals surface area contributed by atoms with Gasteiger partial charge in [0.05, 0.1) is 0 Å². The van der Waals surface area contributed by atoms with Gasteiger partial charge < -0.3 is 10.0 Å². The molecule has 21 heavy (non-hydrogen) atoms. The predicted molar refractivity (Wildman–Crippen MR) is 84.8 cm³/mol. The average molecular weight is 325 g/mol. The Morgan fingerprint density at radius 2 is 2.10 bits per heavy atom. The Kier molecular flexibility index (Phi) is 4.54. The van der Waals surface area contributed by atoms with Crippen LogP contribution in [0.25, 0.3) is 0 Å². The van der Waals surface area contributed by atoms with Crippen LogP contribution in [0.2, 0.25) is 0 Å². The van der Waals surface area contributed by atoms with Gasteiger partial charge >= 0.3 is 5.97 Å². The van der Waals surface area contributed by atoms with Crippen molar-refractivity contribution >= 4 is 35.0 Å². The third-order valence-corrected chi connectivity index (χ3v) is 6.37. The fourth-order valence-electron chi connectivity index (χ4n) is 3.17. The first-order chi connectivity index (χ1) is 10.2. The van der Waals surface area contributed by atoms with Gasteiger partial charge in [0.1, 0.15) is 0 Å². The van der Waals surface area contributed by atoms with Crippen LogP contribution in [0.3, 0.4) is 0 Å². The van der Waals surface area contributed by atoms with Crippen molar-refractivity contribution in [3.05, 3.63) is 21.9 Å². The highest BCUT2D eigenvalue weighted by atomic mass is 32.2. The molecular formula is C15H19NO3S2. The lowest BCUT2D eigenvalue weighted by molar-refractivity contribution is -0.151. The second-order valence-corrected chi connectivity index (χ2v) is 7.86. The van der Waals surface area contributed by atoms with Crippen LogP contribution in [0.4, 0.5) is 0 Å². The molecule has 1 unspecified atom stereocenters. The average Bonchev–Trinajstić information content (AvgIpc) is 2.95. The lowest BCUT2D eigenvalue weighted by Crippen LogP contribution is -2.43. The molecule has 3 heterocycles. The molecule has 0 aliphatic carbocycles. The molecule has 1 aromatic heterocycles. The summed E-state index contributed by atoms with van der Waals surface area (Å²) >= 11 is 3.53. The molecular weight excluding hydrogens is 306 g/mol. The Bertz CT molecular complexity index is 537. The van der Waals surface area contributed by atoms with E-state index < -0.39 is 12.0 Å². The van der Waals surface area contributed by atoms with Crippen LogP contribution in [0.15, 0.2) is 11.4 Å². The van der Waals surface area contributed by atoms with Crippen molar-refractivity contribution in [1.29, 1.82) is 0 Å². The molecule has 0 radical (unpaired) electrons. The van der Waals surface area contributed by atoms with Gasteiger partial charge in [0, 0.05) is 17.8 Å². The summed E-state index contributed by atoms with van der Waals surface area (Å²) in [6.07, 6.45) is 3.43. The van der Waals surface area contributed by atoms with Crippen molar-refractivity contribution in [3.63, 3.8) is 0 Å². The zero-order valence-corrected chi connectivity index (χ0v) is 13.4. The quantitative estimate of drug-likeness (QED) is 0.928. The zero-order chi connectivity index (χ0) is 14.8. The Morgan fingerprint density at radius 3 is 2.81 bits per heavy atom. The molecule has 1 aromatic rings. The number of thioether (sulfide) groups is 1. The fourth-order valence-corrected chi connectivity index (χ4v) is 5.27. The molecule has 1 fully saturated rings. The number of aliphatic carboxylic acids is 1. The van der Waals surface area contributed by atoms with Crippen molar-refractivity contribution in [2.75, 3.05) is 18.1 Å². The van der Waals surface area contributed by atoms with Crippen LogP contribution in [-0.4, -0.2) is 39.9 Å². The van der Waals surface area contributed by atoms with Gasteiger partial charge in [-0.15, -0.1) is 11.3 Å². The number of carbonyl (C=O) groups excluding carboxylic acids is 1. The van der Waals surface area contributed by atoms with Gasteiger partial charge in [-0.05, 0) is 53.7 Å². The summed E-state index contributed by atoms with van der Waals surface area (Å²) in [5.74, 6) is 1.76. The first kappa shape index (κ1) is 14.9. The molecule has 6 heteroatoms. The van der Waals surface area contributed by atoms with Crippen LogP contribution in [-0.2, 0) is 16.0 Å². The molecule has 0 spiro atoms. The molecule has 4 nitrogen and oxygen atoms in total. The molecule has 1 amide bonds. The van der Waals surface area contributed by atoms with Crippen molar-refractivity contribution in [2.24, 2.45) is 5.92 Å². The van der Waals surface area contributed by atoms with Crippen LogP contribution in [0, 0.1) is 5.92 Å². The van der Waals surface area contributed by atoms with Crippen LogP contribution in [0.1, 0.15) is 35.7 Å². The number of nitrogens with zero attached hydrogens (tertiary/aromatic N) is 1. The molecule has 1 saturated heterocycles. The third kappa shape index (κ3) is 3.11. The van der Waals surface area contributed by atoms with Crippen molar-refractivity contribution in [1.82, 2.24) is 4.90 Å². The van der Waals surface area contributed by atoms with Gasteiger partial charge in [-0.1, -0.05) is 0 Å². The molecule has 1 N–H and O–H groups in total. The van der Waals surface area contributed by atoms with Crippen molar-refractivity contribution in [2.45, 2.75) is 31.7 Å². The summed E-state index contributed by atoms with van der Waals surface area (Å²) in [5.41, 5.74) is 0.811. The molecule has 0 bridgehead atoms. The van der Waals surface area contributed by atoms with E-state index in [1.807, 2.05) is 23.2 Å². The Balaban J connectivity index is 1.74. The van der Waals surface area contributed by atoms with Crippen LogP contribution >= 0.6 is 23.1 Å². The normalized spacial score (nSPS) is 22.9. The van der Waals surface area contributed by atoms with Crippen molar-refractivity contribution < 1.29 is 14.7 Å². The molecule has 0 saturated carbocycles. The minimum Gasteiger partial charge on any atom is -0.479 e. The van der Waals surface area contributed by atoms with E-state index in [0.29, 0.717) is 18.9 Å². The van der Waals surface area contributed by atoms with E-state index in [1.165, 1.54) is 0 Å². The van der Waals surface area contributed by atoms with Gasteiger partial charge in [0.2, 0.25) is 5.91 Å². The summed E-state index contributed by atoms with van der Waals surface area (Å²) in [6, 6.07) is 1.07. The maximum Gasteiger partial charge on any atom is 0.331 e. The highest BCUT2D eigenvalue weighted by Crippen LogP contribution is 2.35. The second kappa shape index (κ2) is 6.40. The highest BCUT2D eigenvalue weighted by Gasteiger charge is 2.37. The maximum atomic E-state index is 12.6. The number of fused-ring (bicyclic) bond motifs is 1. The molecule has 3 rings (SSSR count). The van der Waals surface area contributed by atoms with E-state index in [4.69, 9.17) is 0 Å². The molecule has 2 aliphatic rings. The minimum atomic E-state index is -0.915. The number of hydrogen-bond donors (Lipinski definition) is 1. The SMILES string of the molecule is O=C(O)C1c2ccsc2CCN1C(=O)CC1CCSCC1. The second-order valence-electron chi connectivity index (χ2n) is 5.64. The number of amides is 1. The van der Waals surface area contributed by atoms with Gasteiger partial charge in [0.25, 0.3) is 0 Å². The number of carboxylic acids is 1. The smallest absolute Gasteiger partial charge is 0.331 e. The summed E-state index contributed by atoms with van der Waals surface area (Å²) in [7, 11) is 0. The van der Waals surface area contributed by atoms with Gasteiger partial charge in [0.15, 0.2) is 6.04 Å². The monoisotopic (exact) mass is 325 g/mol. The molecule has 0 aromatic carbocycles. The molecule has 1 atom stereocenters. The Hall–Kier alpha value is -1.01. The summed E-state index contributed by atoms with van der Waals surface area (Å²) in [4.78, 5) is 26.9. The number of carbonyl (C=O) groups is 2. The topological polar surface area (TPSA) is 57.6 Å². The first-order valence-electron chi connectivity index (χ1n) is 7.33.